The van der Waals surface area contributed by atoms with E-state index in [1.54, 1.807) is 55.6 Å². The van der Waals surface area contributed by atoms with Crippen molar-refractivity contribution in [1.29, 1.82) is 0 Å². The monoisotopic (exact) mass is 466 g/mol. The summed E-state index contributed by atoms with van der Waals surface area (Å²) in [5.41, 5.74) is 1.63. The summed E-state index contributed by atoms with van der Waals surface area (Å²) >= 11 is 0. The molecule has 1 aliphatic heterocycles. The van der Waals surface area contributed by atoms with Crippen molar-refractivity contribution in [3.63, 3.8) is 0 Å². The van der Waals surface area contributed by atoms with E-state index in [1.165, 1.54) is 24.2 Å². The molecule has 2 radical (unpaired) electrons. The summed E-state index contributed by atoms with van der Waals surface area (Å²) in [5, 5.41) is 33.7. The van der Waals surface area contributed by atoms with Gasteiger partial charge in [0.05, 0.1) is 5.69 Å². The van der Waals surface area contributed by atoms with Crippen LogP contribution in [0.1, 0.15) is 5.56 Å². The van der Waals surface area contributed by atoms with Crippen LogP contribution in [0.15, 0.2) is 54.6 Å². The number of amides is 2. The van der Waals surface area contributed by atoms with E-state index < -0.39 is 42.3 Å². The van der Waals surface area contributed by atoms with Gasteiger partial charge in [-0.25, -0.2) is 0 Å². The number of ether oxygens (including phenoxy) is 2. The molecule has 0 aromatic heterocycles. The number of benzene rings is 2. The second-order valence-corrected chi connectivity index (χ2v) is 7.85. The number of hydrogen-bond acceptors (Lipinski definition) is 7. The summed E-state index contributed by atoms with van der Waals surface area (Å²) in [5.74, 6) is -0.784. The molecule has 2 aromatic rings. The fourth-order valence-corrected chi connectivity index (χ4v) is 3.57. The van der Waals surface area contributed by atoms with E-state index in [4.69, 9.17) is 17.3 Å². The van der Waals surface area contributed by atoms with E-state index in [1.807, 2.05) is 0 Å². The molecule has 1 heterocycles. The van der Waals surface area contributed by atoms with Gasteiger partial charge in [-0.2, -0.15) is 0 Å². The van der Waals surface area contributed by atoms with E-state index in [0.29, 0.717) is 22.5 Å². The largest absolute Gasteiger partial charge is 0.489 e. The summed E-state index contributed by atoms with van der Waals surface area (Å²) in [4.78, 5) is 27.0. The maximum Gasteiger partial charge on any atom is 0.252 e. The second kappa shape index (κ2) is 11.3. The summed E-state index contributed by atoms with van der Waals surface area (Å²) in [6, 6.07) is 12.8. The molecule has 1 aliphatic rings. The molecule has 1 unspecified atom stereocenters. The number of aliphatic hydroxyl groups is 3. The molecular weight excluding hydrogens is 439 g/mol. The van der Waals surface area contributed by atoms with Gasteiger partial charge in [-0.1, -0.05) is 54.0 Å². The fraction of sp³-hybridized carbons (Fsp3) is 0.333. The normalized spacial score (nSPS) is 19.5. The second-order valence-electron chi connectivity index (χ2n) is 7.85. The highest BCUT2D eigenvalue weighted by Crippen LogP contribution is 2.29. The van der Waals surface area contributed by atoms with Crippen LogP contribution in [0.4, 0.5) is 5.69 Å². The minimum absolute atomic E-state index is 0.134. The minimum Gasteiger partial charge on any atom is -0.489 e. The van der Waals surface area contributed by atoms with Crippen LogP contribution in [-0.2, 0) is 14.3 Å². The molecule has 34 heavy (non-hydrogen) atoms. The molecule has 5 atom stereocenters. The minimum atomic E-state index is -1.80. The Kier molecular flexibility index (Phi) is 8.46. The Morgan fingerprint density at radius 2 is 1.85 bits per heavy atom. The van der Waals surface area contributed by atoms with E-state index in [9.17, 15) is 24.9 Å². The first-order valence-electron chi connectivity index (χ1n) is 10.6. The number of carbonyl (C=O) groups is 2. The van der Waals surface area contributed by atoms with Crippen LogP contribution in [0.2, 0.25) is 0 Å². The van der Waals surface area contributed by atoms with Crippen LogP contribution < -0.4 is 20.4 Å². The number of para-hydroxylation sites is 2. The number of fused-ring (bicyclic) bond motifs is 1. The van der Waals surface area contributed by atoms with Crippen molar-refractivity contribution in [2.75, 3.05) is 25.7 Å². The molecule has 9 nitrogen and oxygen atoms in total. The topological polar surface area (TPSA) is 129 Å². The third-order valence-corrected chi connectivity index (χ3v) is 5.57. The molecular formula is C24H27BN2O7. The number of nitrogens with zero attached hydrogens (tertiary/aromatic N) is 1. The van der Waals surface area contributed by atoms with Gasteiger partial charge in [0.25, 0.3) is 11.8 Å². The Bertz CT molecular complexity index is 1050. The Labute approximate surface area is 199 Å². The molecule has 0 saturated carbocycles. The zero-order valence-corrected chi connectivity index (χ0v) is 18.9. The van der Waals surface area contributed by atoms with Crippen LogP contribution in [0.3, 0.4) is 0 Å². The Balaban J connectivity index is 1.66. The van der Waals surface area contributed by atoms with Gasteiger partial charge < -0.3 is 35.0 Å². The zero-order chi connectivity index (χ0) is 24.8. The molecule has 3 rings (SSSR count). The Hall–Kier alpha value is -3.18. The van der Waals surface area contributed by atoms with Gasteiger partial charge >= 0.3 is 0 Å². The first kappa shape index (κ1) is 25.4. The highest BCUT2D eigenvalue weighted by Gasteiger charge is 2.38. The van der Waals surface area contributed by atoms with Crippen LogP contribution in [0.5, 0.6) is 5.75 Å². The van der Waals surface area contributed by atoms with E-state index in [2.05, 4.69) is 5.32 Å². The summed E-state index contributed by atoms with van der Waals surface area (Å²) in [6.45, 7) is -0.134. The fourth-order valence-electron chi connectivity index (χ4n) is 3.57. The van der Waals surface area contributed by atoms with Crippen LogP contribution in [-0.4, -0.2) is 86.2 Å². The van der Waals surface area contributed by atoms with Gasteiger partial charge in [-0.15, -0.1) is 0 Å². The summed E-state index contributed by atoms with van der Waals surface area (Å²) < 4.78 is 10.7. The molecule has 0 spiro atoms. The molecule has 4 N–H and O–H groups in total. The molecule has 2 amide bonds. The van der Waals surface area contributed by atoms with Crippen molar-refractivity contribution in [1.82, 2.24) is 5.32 Å². The number of rotatable bonds is 8. The SMILES string of the molecule is [B]c1ccccc1/C=C/[C@@H](O)[C@H](O)[C@@H](O)[C@@H](OC)C(=O)NC1COc2ccccc2N(C)C1=O. The predicted molar refractivity (Wildman–Crippen MR) is 127 cm³/mol. The van der Waals surface area contributed by atoms with Gasteiger partial charge in [-0.05, 0) is 17.7 Å². The van der Waals surface area contributed by atoms with Gasteiger partial charge in [-0.3, -0.25) is 9.59 Å². The molecule has 10 heteroatoms. The third-order valence-electron chi connectivity index (χ3n) is 5.57. The third kappa shape index (κ3) is 5.65. The number of aliphatic hydroxyl groups excluding tert-OH is 3. The standard InChI is InChI=1S/C24H27BN2O7/c1-27-17-9-5-6-10-19(17)34-13-16(24(27)32)26-23(31)22(33-2)21(30)20(29)18(28)12-11-14-7-3-4-8-15(14)25/h3-12,16,18,20-22,28-30H,13H2,1-2H3,(H,26,31)/b12-11+/t16?,18-,20+,21-,22-/m1/s1. The van der Waals surface area contributed by atoms with Crippen molar-refractivity contribution >= 4 is 36.9 Å². The first-order chi connectivity index (χ1) is 16.2. The van der Waals surface area contributed by atoms with Crippen molar-refractivity contribution in [3.8, 4) is 5.75 Å². The van der Waals surface area contributed by atoms with Crippen LogP contribution >= 0.6 is 0 Å². The lowest BCUT2D eigenvalue weighted by atomic mass is 9.90. The van der Waals surface area contributed by atoms with E-state index >= 15 is 0 Å². The van der Waals surface area contributed by atoms with Crippen molar-refractivity contribution in [2.45, 2.75) is 30.5 Å². The van der Waals surface area contributed by atoms with Crippen molar-refractivity contribution in [2.24, 2.45) is 0 Å². The molecule has 2 aromatic carbocycles. The summed E-state index contributed by atoms with van der Waals surface area (Å²) in [7, 11) is 8.57. The molecule has 178 valence electrons. The quantitative estimate of drug-likeness (QED) is 0.373. The average Bonchev–Trinajstić information content (AvgIpc) is 2.95. The first-order valence-corrected chi connectivity index (χ1v) is 10.6. The number of nitrogens with one attached hydrogen (secondary N) is 1. The molecule has 0 bridgehead atoms. The van der Waals surface area contributed by atoms with Gasteiger partial charge in [0.15, 0.2) is 6.10 Å². The maximum absolute atomic E-state index is 12.8. The Morgan fingerprint density at radius 3 is 2.56 bits per heavy atom. The van der Waals surface area contributed by atoms with E-state index in [0.717, 1.165) is 0 Å². The number of anilines is 1. The van der Waals surface area contributed by atoms with Crippen molar-refractivity contribution < 1.29 is 34.4 Å². The molecule has 0 fully saturated rings. The van der Waals surface area contributed by atoms with Crippen LogP contribution in [0, 0.1) is 0 Å². The predicted octanol–water partition coefficient (Wildman–Crippen LogP) is -0.868. The Morgan fingerprint density at radius 1 is 1.18 bits per heavy atom. The number of carbonyl (C=O) groups excluding carboxylic acids is 2. The van der Waals surface area contributed by atoms with Gasteiger partial charge in [0.2, 0.25) is 0 Å². The van der Waals surface area contributed by atoms with Crippen LogP contribution in [0.25, 0.3) is 6.08 Å². The highest BCUT2D eigenvalue weighted by molar-refractivity contribution is 6.34. The lowest BCUT2D eigenvalue weighted by molar-refractivity contribution is -0.150. The molecule has 0 aliphatic carbocycles. The highest BCUT2D eigenvalue weighted by atomic mass is 16.5. The summed E-state index contributed by atoms with van der Waals surface area (Å²) in [6.07, 6.45) is -3.90. The number of methoxy groups -OCH3 is 1. The van der Waals surface area contributed by atoms with E-state index in [-0.39, 0.29) is 6.61 Å². The average molecular weight is 466 g/mol. The zero-order valence-electron chi connectivity index (χ0n) is 18.9. The maximum atomic E-state index is 12.8. The molecule has 0 saturated heterocycles. The van der Waals surface area contributed by atoms with Gasteiger partial charge in [0.1, 0.15) is 44.6 Å². The lowest BCUT2D eigenvalue weighted by Crippen LogP contribution is -2.56. The lowest BCUT2D eigenvalue weighted by Gasteiger charge is -2.28. The smallest absolute Gasteiger partial charge is 0.252 e. The van der Waals surface area contributed by atoms with Gasteiger partial charge in [0, 0.05) is 14.2 Å². The number of hydrogen-bond donors (Lipinski definition) is 4. The number of likely N-dealkylation sites (N-methyl/N-ethyl adjacent to an activating group) is 1. The van der Waals surface area contributed by atoms with Crippen molar-refractivity contribution in [3.05, 3.63) is 60.2 Å².